The quantitative estimate of drug-likeness (QED) is 0.656. The van der Waals surface area contributed by atoms with E-state index >= 15 is 0 Å². The molecular weight excluding hydrogens is 340 g/mol. The molecule has 0 aliphatic carbocycles. The zero-order chi connectivity index (χ0) is 18.5. The van der Waals surface area contributed by atoms with Gasteiger partial charge in [0, 0.05) is 19.6 Å². The minimum atomic E-state index is -0.0107. The van der Waals surface area contributed by atoms with Crippen molar-refractivity contribution in [3.63, 3.8) is 0 Å². The first-order valence-corrected chi connectivity index (χ1v) is 9.52. The molecule has 7 heteroatoms. The number of amides is 1. The van der Waals surface area contributed by atoms with Crippen LogP contribution in [0.5, 0.6) is 0 Å². The molecule has 1 amide bonds. The molecule has 1 atom stereocenters. The summed E-state index contributed by atoms with van der Waals surface area (Å²) in [6, 6.07) is 10.4. The predicted octanol–water partition coefficient (Wildman–Crippen LogP) is 2.32. The van der Waals surface area contributed by atoms with Crippen LogP contribution in [0.4, 0.5) is 5.82 Å². The van der Waals surface area contributed by atoms with Gasteiger partial charge < -0.3 is 15.2 Å². The molecule has 0 saturated carbocycles. The fourth-order valence-corrected chi connectivity index (χ4v) is 3.67. The number of imidazole rings is 1. The summed E-state index contributed by atoms with van der Waals surface area (Å²) in [7, 11) is 0. The minimum absolute atomic E-state index is 0.0107. The lowest BCUT2D eigenvalue weighted by atomic mass is 9.97. The van der Waals surface area contributed by atoms with Crippen molar-refractivity contribution in [1.82, 2.24) is 25.3 Å². The summed E-state index contributed by atoms with van der Waals surface area (Å²) in [5, 5.41) is 3.11. The number of fused-ring (bicyclic) bond motifs is 1. The molecule has 1 aliphatic heterocycles. The standard InChI is InChI=1S/C20H24N6O/c27-20(21-10-4-8-15-6-2-1-3-7-15)16-9-5-11-26(12-16)19-17-18(23-13-22-17)24-14-25-19/h1-3,6-7,13-14,16H,4-5,8-12H2,(H,21,27)(H,22,23,24,25). The van der Waals surface area contributed by atoms with E-state index in [-0.39, 0.29) is 11.8 Å². The number of carbonyl (C=O) groups is 1. The number of hydrogen-bond donors (Lipinski definition) is 2. The summed E-state index contributed by atoms with van der Waals surface area (Å²) in [6.45, 7) is 2.28. The van der Waals surface area contributed by atoms with Gasteiger partial charge >= 0.3 is 0 Å². The van der Waals surface area contributed by atoms with Crippen molar-refractivity contribution in [2.24, 2.45) is 5.92 Å². The third-order valence-electron chi connectivity index (χ3n) is 5.08. The number of benzene rings is 1. The molecule has 1 fully saturated rings. The second kappa shape index (κ2) is 8.16. The molecule has 2 N–H and O–H groups in total. The average molecular weight is 364 g/mol. The van der Waals surface area contributed by atoms with Gasteiger partial charge in [0.15, 0.2) is 11.5 Å². The maximum absolute atomic E-state index is 12.6. The molecule has 4 rings (SSSR count). The number of anilines is 1. The highest BCUT2D eigenvalue weighted by molar-refractivity contribution is 5.84. The van der Waals surface area contributed by atoms with Gasteiger partial charge in [-0.15, -0.1) is 0 Å². The van der Waals surface area contributed by atoms with Gasteiger partial charge in [0.25, 0.3) is 0 Å². The summed E-state index contributed by atoms with van der Waals surface area (Å²) in [6.07, 6.45) is 6.99. The van der Waals surface area contributed by atoms with Crippen LogP contribution in [0, 0.1) is 5.92 Å². The van der Waals surface area contributed by atoms with Crippen LogP contribution in [0.15, 0.2) is 43.0 Å². The van der Waals surface area contributed by atoms with Gasteiger partial charge in [0.1, 0.15) is 11.8 Å². The number of rotatable bonds is 6. The number of carbonyl (C=O) groups excluding carboxylic acids is 1. The van der Waals surface area contributed by atoms with Crippen LogP contribution < -0.4 is 10.2 Å². The second-order valence-corrected chi connectivity index (χ2v) is 6.96. The highest BCUT2D eigenvalue weighted by Gasteiger charge is 2.27. The SMILES string of the molecule is O=C(NCCCc1ccccc1)C1CCCN(c2ncnc3nc[nH]c23)C1. The van der Waals surface area contributed by atoms with E-state index in [0.29, 0.717) is 18.7 Å². The Labute approximate surface area is 158 Å². The Bertz CT molecular complexity index is 894. The molecule has 1 aliphatic rings. The van der Waals surface area contributed by atoms with E-state index in [4.69, 9.17) is 0 Å². The first kappa shape index (κ1) is 17.5. The van der Waals surface area contributed by atoms with Crippen LogP contribution in [-0.2, 0) is 11.2 Å². The fourth-order valence-electron chi connectivity index (χ4n) is 3.67. The van der Waals surface area contributed by atoms with Crippen LogP contribution in [0.3, 0.4) is 0 Å². The van der Waals surface area contributed by atoms with Crippen LogP contribution in [0.1, 0.15) is 24.8 Å². The molecule has 0 bridgehead atoms. The van der Waals surface area contributed by atoms with E-state index in [1.54, 1.807) is 6.33 Å². The molecule has 2 aromatic heterocycles. The third-order valence-corrected chi connectivity index (χ3v) is 5.08. The molecule has 7 nitrogen and oxygen atoms in total. The highest BCUT2D eigenvalue weighted by Crippen LogP contribution is 2.25. The number of aromatic nitrogens is 4. The lowest BCUT2D eigenvalue weighted by molar-refractivity contribution is -0.125. The Kier molecular flexibility index (Phi) is 5.27. The minimum Gasteiger partial charge on any atom is -0.356 e. The van der Waals surface area contributed by atoms with Crippen LogP contribution >= 0.6 is 0 Å². The first-order chi connectivity index (χ1) is 13.3. The van der Waals surface area contributed by atoms with Gasteiger partial charge in [-0.25, -0.2) is 15.0 Å². The van der Waals surface area contributed by atoms with E-state index in [2.05, 4.69) is 42.3 Å². The lowest BCUT2D eigenvalue weighted by Crippen LogP contribution is -2.43. The first-order valence-electron chi connectivity index (χ1n) is 9.52. The number of nitrogens with zero attached hydrogens (tertiary/aromatic N) is 4. The maximum atomic E-state index is 12.6. The normalized spacial score (nSPS) is 17.2. The molecule has 1 unspecified atom stereocenters. The molecule has 0 radical (unpaired) electrons. The summed E-state index contributed by atoms with van der Waals surface area (Å²) in [5.41, 5.74) is 2.80. The molecule has 3 heterocycles. The molecule has 3 aromatic rings. The van der Waals surface area contributed by atoms with Gasteiger partial charge in [-0.3, -0.25) is 4.79 Å². The van der Waals surface area contributed by atoms with Crippen molar-refractivity contribution < 1.29 is 4.79 Å². The average Bonchev–Trinajstić information content (AvgIpc) is 3.21. The fraction of sp³-hybridized carbons (Fsp3) is 0.400. The number of aromatic amines is 1. The Balaban J connectivity index is 1.31. The van der Waals surface area contributed by atoms with Crippen molar-refractivity contribution in [1.29, 1.82) is 0 Å². The van der Waals surface area contributed by atoms with Gasteiger partial charge in [0.05, 0.1) is 12.2 Å². The van der Waals surface area contributed by atoms with Crippen molar-refractivity contribution in [3.8, 4) is 0 Å². The number of hydrogen-bond acceptors (Lipinski definition) is 5. The van der Waals surface area contributed by atoms with E-state index in [9.17, 15) is 4.79 Å². The topological polar surface area (TPSA) is 86.8 Å². The van der Waals surface area contributed by atoms with Crippen LogP contribution in [0.25, 0.3) is 11.2 Å². The zero-order valence-corrected chi connectivity index (χ0v) is 15.3. The molecule has 1 aromatic carbocycles. The lowest BCUT2D eigenvalue weighted by Gasteiger charge is -2.32. The van der Waals surface area contributed by atoms with E-state index in [1.165, 1.54) is 11.9 Å². The molecule has 0 spiro atoms. The number of nitrogens with one attached hydrogen (secondary N) is 2. The smallest absolute Gasteiger partial charge is 0.224 e. The number of aryl methyl sites for hydroxylation is 1. The Morgan fingerprint density at radius 2 is 2.11 bits per heavy atom. The molecule has 27 heavy (non-hydrogen) atoms. The summed E-state index contributed by atoms with van der Waals surface area (Å²) in [4.78, 5) is 30.7. The van der Waals surface area contributed by atoms with Crippen LogP contribution in [-0.4, -0.2) is 45.5 Å². The van der Waals surface area contributed by atoms with Gasteiger partial charge in [0.2, 0.25) is 5.91 Å². The van der Waals surface area contributed by atoms with Gasteiger partial charge in [-0.05, 0) is 31.2 Å². The summed E-state index contributed by atoms with van der Waals surface area (Å²) >= 11 is 0. The highest BCUT2D eigenvalue weighted by atomic mass is 16.1. The van der Waals surface area contributed by atoms with Crippen molar-refractivity contribution >= 4 is 22.9 Å². The predicted molar refractivity (Wildman–Crippen MR) is 104 cm³/mol. The molecule has 1 saturated heterocycles. The van der Waals surface area contributed by atoms with E-state index in [1.807, 2.05) is 18.2 Å². The number of piperidine rings is 1. The third kappa shape index (κ3) is 4.07. The van der Waals surface area contributed by atoms with E-state index in [0.717, 1.165) is 43.6 Å². The molecule has 140 valence electrons. The van der Waals surface area contributed by atoms with Gasteiger partial charge in [-0.2, -0.15) is 0 Å². The Morgan fingerprint density at radius 3 is 3.00 bits per heavy atom. The summed E-state index contributed by atoms with van der Waals surface area (Å²) < 4.78 is 0. The number of H-pyrrole nitrogens is 1. The summed E-state index contributed by atoms with van der Waals surface area (Å²) in [5.74, 6) is 0.963. The van der Waals surface area contributed by atoms with E-state index < -0.39 is 0 Å². The Hall–Kier alpha value is -2.96. The monoisotopic (exact) mass is 364 g/mol. The largest absolute Gasteiger partial charge is 0.356 e. The molecular formula is C20H24N6O. The van der Waals surface area contributed by atoms with Crippen molar-refractivity contribution in [3.05, 3.63) is 48.5 Å². The van der Waals surface area contributed by atoms with Gasteiger partial charge in [-0.1, -0.05) is 30.3 Å². The van der Waals surface area contributed by atoms with Crippen molar-refractivity contribution in [2.45, 2.75) is 25.7 Å². The zero-order valence-electron chi connectivity index (χ0n) is 15.3. The maximum Gasteiger partial charge on any atom is 0.224 e. The van der Waals surface area contributed by atoms with Crippen LogP contribution in [0.2, 0.25) is 0 Å². The second-order valence-electron chi connectivity index (χ2n) is 6.96. The van der Waals surface area contributed by atoms with Crippen molar-refractivity contribution in [2.75, 3.05) is 24.5 Å². The Morgan fingerprint density at radius 1 is 1.22 bits per heavy atom.